The van der Waals surface area contributed by atoms with Crippen LogP contribution in [0.3, 0.4) is 0 Å². The van der Waals surface area contributed by atoms with Crippen LogP contribution < -0.4 is 15.5 Å². The Morgan fingerprint density at radius 3 is 2.38 bits per heavy atom. The molecular formula is C21H30N6O2. The third-order valence-electron chi connectivity index (χ3n) is 4.98. The van der Waals surface area contributed by atoms with E-state index in [2.05, 4.69) is 44.2 Å². The van der Waals surface area contributed by atoms with Crippen molar-refractivity contribution in [2.45, 2.75) is 13.8 Å². The molecule has 0 radical (unpaired) electrons. The Balaban J connectivity index is 1.48. The molecule has 0 bridgehead atoms. The van der Waals surface area contributed by atoms with Gasteiger partial charge in [-0.15, -0.1) is 0 Å². The van der Waals surface area contributed by atoms with Crippen molar-refractivity contribution in [3.8, 4) is 0 Å². The van der Waals surface area contributed by atoms with Gasteiger partial charge in [0.25, 0.3) is 5.91 Å². The Kier molecular flexibility index (Phi) is 7.77. The van der Waals surface area contributed by atoms with E-state index in [1.54, 1.807) is 12.4 Å². The predicted octanol–water partition coefficient (Wildman–Crippen LogP) is 2.32. The van der Waals surface area contributed by atoms with Gasteiger partial charge in [0.1, 0.15) is 0 Å². The molecule has 3 rings (SSSR count). The first-order valence-corrected chi connectivity index (χ1v) is 10.2. The first-order valence-electron chi connectivity index (χ1n) is 10.2. The van der Waals surface area contributed by atoms with Gasteiger partial charge in [-0.1, -0.05) is 0 Å². The second-order valence-electron chi connectivity index (χ2n) is 6.85. The fraction of sp³-hybridized carbons (Fsp3) is 0.476. The number of hydrogen-bond donors (Lipinski definition) is 2. The lowest BCUT2D eigenvalue weighted by Crippen LogP contribution is -2.39. The Morgan fingerprint density at radius 1 is 1.10 bits per heavy atom. The summed E-state index contributed by atoms with van der Waals surface area (Å²) in [6, 6.07) is 7.85. The van der Waals surface area contributed by atoms with Crippen LogP contribution in [0.5, 0.6) is 0 Å². The molecule has 1 aliphatic rings. The van der Waals surface area contributed by atoms with E-state index >= 15 is 0 Å². The summed E-state index contributed by atoms with van der Waals surface area (Å²) >= 11 is 0. The van der Waals surface area contributed by atoms with Gasteiger partial charge in [-0.05, 0) is 38.1 Å². The molecule has 8 nitrogen and oxygen atoms in total. The highest BCUT2D eigenvalue weighted by Gasteiger charge is 2.11. The molecule has 1 saturated heterocycles. The SMILES string of the molecule is CCN(CC)c1ccc(NC(=O)c2cnc(NCCN3CCOCC3)nc2)cc1. The maximum absolute atomic E-state index is 12.4. The maximum atomic E-state index is 12.4. The number of nitrogens with zero attached hydrogens (tertiary/aromatic N) is 4. The van der Waals surface area contributed by atoms with Crippen LogP contribution in [-0.2, 0) is 4.74 Å². The van der Waals surface area contributed by atoms with E-state index in [4.69, 9.17) is 4.74 Å². The van der Waals surface area contributed by atoms with E-state index in [9.17, 15) is 4.79 Å². The van der Waals surface area contributed by atoms with Gasteiger partial charge in [0.05, 0.1) is 18.8 Å². The molecule has 0 aliphatic carbocycles. The van der Waals surface area contributed by atoms with E-state index in [0.717, 1.165) is 63.9 Å². The number of ether oxygens (including phenoxy) is 1. The molecule has 1 aromatic carbocycles. The minimum Gasteiger partial charge on any atom is -0.379 e. The molecule has 2 heterocycles. The minimum atomic E-state index is -0.222. The van der Waals surface area contributed by atoms with E-state index in [0.29, 0.717) is 11.5 Å². The number of amides is 1. The first-order chi connectivity index (χ1) is 14.2. The van der Waals surface area contributed by atoms with Crippen molar-refractivity contribution in [3.05, 3.63) is 42.2 Å². The minimum absolute atomic E-state index is 0.222. The van der Waals surface area contributed by atoms with Gasteiger partial charge in [-0.2, -0.15) is 0 Å². The second-order valence-corrected chi connectivity index (χ2v) is 6.85. The zero-order chi connectivity index (χ0) is 20.5. The summed E-state index contributed by atoms with van der Waals surface area (Å²) < 4.78 is 5.34. The lowest BCUT2D eigenvalue weighted by Gasteiger charge is -2.26. The van der Waals surface area contributed by atoms with E-state index in [-0.39, 0.29) is 5.91 Å². The lowest BCUT2D eigenvalue weighted by atomic mass is 10.2. The Bertz CT molecular complexity index is 756. The Morgan fingerprint density at radius 2 is 1.76 bits per heavy atom. The van der Waals surface area contributed by atoms with Crippen molar-refractivity contribution in [3.63, 3.8) is 0 Å². The van der Waals surface area contributed by atoms with Crippen LogP contribution in [0, 0.1) is 0 Å². The quantitative estimate of drug-likeness (QED) is 0.671. The summed E-state index contributed by atoms with van der Waals surface area (Å²) in [6.45, 7) is 11.3. The number of carbonyl (C=O) groups excluding carboxylic acids is 1. The van der Waals surface area contributed by atoms with Crippen LogP contribution in [0.2, 0.25) is 0 Å². The normalized spacial score (nSPS) is 14.4. The van der Waals surface area contributed by atoms with Crippen LogP contribution in [0.4, 0.5) is 17.3 Å². The number of nitrogens with one attached hydrogen (secondary N) is 2. The fourth-order valence-corrected chi connectivity index (χ4v) is 3.23. The number of rotatable bonds is 9. The van der Waals surface area contributed by atoms with Crippen LogP contribution in [0.1, 0.15) is 24.2 Å². The summed E-state index contributed by atoms with van der Waals surface area (Å²) in [5.41, 5.74) is 2.32. The molecule has 0 atom stereocenters. The smallest absolute Gasteiger partial charge is 0.258 e. The number of aromatic nitrogens is 2. The summed E-state index contributed by atoms with van der Waals surface area (Å²) in [4.78, 5) is 25.5. The zero-order valence-corrected chi connectivity index (χ0v) is 17.2. The van der Waals surface area contributed by atoms with Crippen LogP contribution in [-0.4, -0.2) is 73.3 Å². The van der Waals surface area contributed by atoms with Crippen molar-refractivity contribution in [1.82, 2.24) is 14.9 Å². The number of carbonyl (C=O) groups is 1. The lowest BCUT2D eigenvalue weighted by molar-refractivity contribution is 0.0398. The molecule has 2 N–H and O–H groups in total. The number of anilines is 3. The van der Waals surface area contributed by atoms with Crippen LogP contribution in [0.15, 0.2) is 36.7 Å². The predicted molar refractivity (Wildman–Crippen MR) is 116 cm³/mol. The molecule has 0 unspecified atom stereocenters. The topological polar surface area (TPSA) is 82.6 Å². The average molecular weight is 399 g/mol. The summed E-state index contributed by atoms with van der Waals surface area (Å²) in [7, 11) is 0. The average Bonchev–Trinajstić information content (AvgIpc) is 2.77. The summed E-state index contributed by atoms with van der Waals surface area (Å²) in [5, 5.41) is 6.08. The first kappa shape index (κ1) is 21.0. The number of hydrogen-bond acceptors (Lipinski definition) is 7. The zero-order valence-electron chi connectivity index (χ0n) is 17.2. The molecule has 1 fully saturated rings. The molecule has 0 spiro atoms. The number of benzene rings is 1. The van der Waals surface area contributed by atoms with Crippen molar-refractivity contribution >= 4 is 23.2 Å². The van der Waals surface area contributed by atoms with E-state index in [1.807, 2.05) is 24.3 Å². The van der Waals surface area contributed by atoms with Gasteiger partial charge in [0.2, 0.25) is 5.95 Å². The van der Waals surface area contributed by atoms with Crippen molar-refractivity contribution < 1.29 is 9.53 Å². The fourth-order valence-electron chi connectivity index (χ4n) is 3.23. The maximum Gasteiger partial charge on any atom is 0.258 e. The Hall–Kier alpha value is -2.71. The molecule has 29 heavy (non-hydrogen) atoms. The third-order valence-corrected chi connectivity index (χ3v) is 4.98. The van der Waals surface area contributed by atoms with Gasteiger partial charge in [0, 0.05) is 63.0 Å². The molecule has 8 heteroatoms. The largest absolute Gasteiger partial charge is 0.379 e. The monoisotopic (exact) mass is 398 g/mol. The highest BCUT2D eigenvalue weighted by atomic mass is 16.5. The van der Waals surface area contributed by atoms with E-state index < -0.39 is 0 Å². The summed E-state index contributed by atoms with van der Waals surface area (Å²) in [5.74, 6) is 0.304. The van der Waals surface area contributed by atoms with Gasteiger partial charge >= 0.3 is 0 Å². The van der Waals surface area contributed by atoms with Crippen LogP contribution in [0.25, 0.3) is 0 Å². The molecule has 2 aromatic rings. The van der Waals surface area contributed by atoms with Gasteiger partial charge in [-0.3, -0.25) is 9.69 Å². The molecular weight excluding hydrogens is 368 g/mol. The van der Waals surface area contributed by atoms with Crippen LogP contribution >= 0.6 is 0 Å². The van der Waals surface area contributed by atoms with Crippen molar-refractivity contribution in [1.29, 1.82) is 0 Å². The molecule has 1 amide bonds. The highest BCUT2D eigenvalue weighted by molar-refractivity contribution is 6.03. The second kappa shape index (κ2) is 10.7. The van der Waals surface area contributed by atoms with Gasteiger partial charge in [0.15, 0.2) is 0 Å². The van der Waals surface area contributed by atoms with Crippen molar-refractivity contribution in [2.75, 3.05) is 68.0 Å². The van der Waals surface area contributed by atoms with E-state index in [1.165, 1.54) is 0 Å². The molecule has 156 valence electrons. The van der Waals surface area contributed by atoms with Crippen molar-refractivity contribution in [2.24, 2.45) is 0 Å². The summed E-state index contributed by atoms with van der Waals surface area (Å²) in [6.07, 6.45) is 3.09. The Labute approximate surface area is 172 Å². The highest BCUT2D eigenvalue weighted by Crippen LogP contribution is 2.18. The number of morpholine rings is 1. The third kappa shape index (κ3) is 6.13. The van der Waals surface area contributed by atoms with Gasteiger partial charge < -0.3 is 20.3 Å². The molecule has 0 saturated carbocycles. The molecule has 1 aliphatic heterocycles. The van der Waals surface area contributed by atoms with Gasteiger partial charge in [-0.25, -0.2) is 9.97 Å². The molecule has 1 aromatic heterocycles. The standard InChI is InChI=1S/C21H30N6O2/c1-3-27(4-2)19-7-5-18(6-8-19)25-20(28)17-15-23-21(24-16-17)22-9-10-26-11-13-29-14-12-26/h5-8,15-16H,3-4,9-14H2,1-2H3,(H,25,28)(H,22,23,24).